The van der Waals surface area contributed by atoms with Crippen molar-refractivity contribution in [3.05, 3.63) is 94.6 Å². The Kier molecular flexibility index (Phi) is 8.72. The van der Waals surface area contributed by atoms with Crippen LogP contribution >= 0.6 is 0 Å². The monoisotopic (exact) mass is 582 g/mol. The average molecular weight is 583 g/mol. The molecule has 2 heterocycles. The van der Waals surface area contributed by atoms with Gasteiger partial charge in [0, 0.05) is 30.8 Å². The molecule has 8 heteroatoms. The molecular weight excluding hydrogens is 544 g/mol. The summed E-state index contributed by atoms with van der Waals surface area (Å²) in [6.07, 6.45) is 3.87. The predicted octanol–water partition coefficient (Wildman–Crippen LogP) is 7.45. The van der Waals surface area contributed by atoms with Crippen molar-refractivity contribution in [1.82, 2.24) is 10.2 Å². The molecule has 3 aromatic carbocycles. The van der Waals surface area contributed by atoms with Crippen LogP contribution in [0.3, 0.4) is 0 Å². The largest absolute Gasteiger partial charge is 0.490 e. The first-order valence-corrected chi connectivity index (χ1v) is 15.1. The fraction of sp³-hybridized carbons (Fsp3) is 0.471. The topological polar surface area (TPSA) is 33.7 Å². The van der Waals surface area contributed by atoms with Crippen molar-refractivity contribution >= 4 is 0 Å². The molecule has 0 bridgehead atoms. The number of piperidine rings is 1. The fourth-order valence-corrected chi connectivity index (χ4v) is 7.19. The van der Waals surface area contributed by atoms with E-state index in [0.717, 1.165) is 62.7 Å². The molecule has 3 aromatic rings. The number of fused-ring (bicyclic) bond motifs is 1. The van der Waals surface area contributed by atoms with Gasteiger partial charge in [0.25, 0.3) is 6.43 Å². The Morgan fingerprint density at radius 3 is 2.48 bits per heavy atom. The first-order chi connectivity index (χ1) is 20.4. The number of alkyl halides is 2. The van der Waals surface area contributed by atoms with Crippen molar-refractivity contribution in [1.29, 1.82) is 0 Å². The third-order valence-electron chi connectivity index (χ3n) is 9.15. The number of rotatable bonds is 8. The Morgan fingerprint density at radius 2 is 1.74 bits per heavy atom. The van der Waals surface area contributed by atoms with E-state index in [1.165, 1.54) is 17.0 Å². The highest BCUT2D eigenvalue weighted by Gasteiger charge is 2.39. The predicted molar refractivity (Wildman–Crippen MR) is 154 cm³/mol. The molecule has 2 aliphatic heterocycles. The first-order valence-electron chi connectivity index (χ1n) is 15.1. The molecule has 1 N–H and O–H groups in total. The number of benzene rings is 3. The molecule has 6 rings (SSSR count). The van der Waals surface area contributed by atoms with E-state index in [2.05, 4.69) is 5.32 Å². The van der Waals surface area contributed by atoms with E-state index >= 15 is 8.78 Å². The summed E-state index contributed by atoms with van der Waals surface area (Å²) in [6.45, 7) is 2.03. The summed E-state index contributed by atoms with van der Waals surface area (Å²) in [5.41, 5.74) is 2.42. The molecular formula is C34H38F4N2O2. The van der Waals surface area contributed by atoms with Crippen molar-refractivity contribution in [2.75, 3.05) is 26.2 Å². The zero-order valence-corrected chi connectivity index (χ0v) is 23.8. The lowest BCUT2D eigenvalue weighted by Gasteiger charge is -2.43. The van der Waals surface area contributed by atoms with Gasteiger partial charge >= 0.3 is 0 Å². The lowest BCUT2D eigenvalue weighted by atomic mass is 9.69. The molecule has 0 amide bonds. The Labute approximate surface area is 245 Å². The van der Waals surface area contributed by atoms with Crippen LogP contribution in [0, 0.1) is 17.0 Å². The van der Waals surface area contributed by atoms with E-state index in [-0.39, 0.29) is 29.4 Å². The highest BCUT2D eigenvalue weighted by molar-refractivity contribution is 5.46. The second-order valence-corrected chi connectivity index (χ2v) is 12.1. The van der Waals surface area contributed by atoms with Gasteiger partial charge in [0.1, 0.15) is 29.7 Å². The number of ether oxygens (including phenoxy) is 2. The van der Waals surface area contributed by atoms with Crippen molar-refractivity contribution in [3.63, 3.8) is 0 Å². The number of hydrogen-bond donors (Lipinski definition) is 1. The van der Waals surface area contributed by atoms with Gasteiger partial charge in [-0.15, -0.1) is 0 Å². The molecule has 1 spiro atoms. The molecule has 3 aliphatic rings. The highest BCUT2D eigenvalue weighted by Crippen LogP contribution is 2.44. The summed E-state index contributed by atoms with van der Waals surface area (Å²) >= 11 is 0. The second-order valence-electron chi connectivity index (χ2n) is 12.1. The molecule has 224 valence electrons. The molecule has 0 radical (unpaired) electrons. The Morgan fingerprint density at radius 1 is 0.952 bits per heavy atom. The van der Waals surface area contributed by atoms with Crippen LogP contribution in [-0.2, 0) is 13.0 Å². The molecule has 3 atom stereocenters. The maximum Gasteiger partial charge on any atom is 0.251 e. The van der Waals surface area contributed by atoms with Gasteiger partial charge in [-0.3, -0.25) is 4.90 Å². The first kappa shape index (κ1) is 29.0. The zero-order valence-electron chi connectivity index (χ0n) is 23.8. The highest BCUT2D eigenvalue weighted by atomic mass is 19.3. The maximum absolute atomic E-state index is 15.8. The van der Waals surface area contributed by atoms with Gasteiger partial charge in [-0.1, -0.05) is 36.4 Å². The van der Waals surface area contributed by atoms with Crippen LogP contribution in [0.25, 0.3) is 0 Å². The van der Waals surface area contributed by atoms with Gasteiger partial charge in [0.15, 0.2) is 0 Å². The molecule has 1 saturated heterocycles. The molecule has 1 saturated carbocycles. The molecule has 2 fully saturated rings. The lowest BCUT2D eigenvalue weighted by Crippen LogP contribution is -2.45. The van der Waals surface area contributed by atoms with E-state index in [4.69, 9.17) is 9.47 Å². The number of hydrogen-bond acceptors (Lipinski definition) is 4. The van der Waals surface area contributed by atoms with Crippen LogP contribution in [0.1, 0.15) is 66.8 Å². The summed E-state index contributed by atoms with van der Waals surface area (Å²) in [7, 11) is 0. The third-order valence-corrected chi connectivity index (χ3v) is 9.15. The standard InChI is InChI=1S/C34H38F4N2O2/c35-29-17-27(42-26-8-4-12-34(19-26)13-5-14-39-22-34)18-30(36)32(29)33-28-10-9-25(41-21-23-6-2-1-3-7-23)16-24(28)11-15-40(33)20-31(37)38/h1-3,6-7,9-10,16-18,26,31,33,39H,4-5,8,11-15,19-22H2. The molecule has 0 aromatic heterocycles. The van der Waals surface area contributed by atoms with Gasteiger partial charge < -0.3 is 14.8 Å². The minimum atomic E-state index is -2.64. The SMILES string of the molecule is Fc1cc(OC2CCCC3(CCCNC3)C2)cc(F)c1C1c2ccc(OCc3ccccc3)cc2CCN1CC(F)F. The number of nitrogens with one attached hydrogen (secondary N) is 1. The fourth-order valence-electron chi connectivity index (χ4n) is 7.19. The quantitative estimate of drug-likeness (QED) is 0.280. The van der Waals surface area contributed by atoms with E-state index in [0.29, 0.717) is 24.3 Å². The van der Waals surface area contributed by atoms with Crippen molar-refractivity contribution in [3.8, 4) is 11.5 Å². The summed E-state index contributed by atoms with van der Waals surface area (Å²) in [5, 5.41) is 3.49. The normalized spacial score (nSPS) is 24.5. The van der Waals surface area contributed by atoms with Crippen LogP contribution in [0.5, 0.6) is 11.5 Å². The van der Waals surface area contributed by atoms with Crippen LogP contribution in [0.2, 0.25) is 0 Å². The third kappa shape index (κ3) is 6.45. The lowest BCUT2D eigenvalue weighted by molar-refractivity contribution is 0.0451. The van der Waals surface area contributed by atoms with Crippen LogP contribution in [0.4, 0.5) is 17.6 Å². The van der Waals surface area contributed by atoms with E-state index in [9.17, 15) is 8.78 Å². The minimum Gasteiger partial charge on any atom is -0.490 e. The summed E-state index contributed by atoms with van der Waals surface area (Å²) in [5.74, 6) is -0.782. The van der Waals surface area contributed by atoms with Crippen molar-refractivity contribution in [2.45, 2.75) is 70.1 Å². The summed E-state index contributed by atoms with van der Waals surface area (Å²) < 4.78 is 71.0. The minimum absolute atomic E-state index is 0.108. The smallest absolute Gasteiger partial charge is 0.251 e. The van der Waals surface area contributed by atoms with Crippen LogP contribution in [-0.4, -0.2) is 43.6 Å². The van der Waals surface area contributed by atoms with Crippen LogP contribution in [0.15, 0.2) is 60.7 Å². The van der Waals surface area contributed by atoms with E-state index in [1.807, 2.05) is 36.4 Å². The van der Waals surface area contributed by atoms with Gasteiger partial charge in [-0.2, -0.15) is 0 Å². The number of nitrogens with zero attached hydrogens (tertiary/aromatic N) is 1. The molecule has 1 aliphatic carbocycles. The van der Waals surface area contributed by atoms with E-state index in [1.54, 1.807) is 12.1 Å². The van der Waals surface area contributed by atoms with Gasteiger partial charge in [-0.05, 0) is 85.7 Å². The summed E-state index contributed by atoms with van der Waals surface area (Å²) in [6, 6.07) is 16.6. The zero-order chi connectivity index (χ0) is 29.1. The van der Waals surface area contributed by atoms with Crippen molar-refractivity contribution in [2.24, 2.45) is 5.41 Å². The second kappa shape index (κ2) is 12.6. The van der Waals surface area contributed by atoms with Crippen LogP contribution < -0.4 is 14.8 Å². The van der Waals surface area contributed by atoms with Gasteiger partial charge in [-0.25, -0.2) is 17.6 Å². The Hall–Kier alpha value is -3.10. The van der Waals surface area contributed by atoms with Gasteiger partial charge in [0.05, 0.1) is 18.7 Å². The Balaban J connectivity index is 1.25. The summed E-state index contributed by atoms with van der Waals surface area (Å²) in [4.78, 5) is 1.47. The van der Waals surface area contributed by atoms with Gasteiger partial charge in [0.2, 0.25) is 0 Å². The van der Waals surface area contributed by atoms with E-state index < -0.39 is 30.6 Å². The van der Waals surface area contributed by atoms with Crippen molar-refractivity contribution < 1.29 is 27.0 Å². The molecule has 3 unspecified atom stereocenters. The number of halogens is 4. The molecule has 42 heavy (non-hydrogen) atoms. The maximum atomic E-state index is 15.8. The average Bonchev–Trinajstić information content (AvgIpc) is 2.97. The Bertz CT molecular complexity index is 1330. The molecule has 4 nitrogen and oxygen atoms in total.